The number of rotatable bonds is 12. The molecule has 10 nitrogen and oxygen atoms in total. The number of anilines is 4. The Morgan fingerprint density at radius 2 is 1.67 bits per heavy atom. The second kappa shape index (κ2) is 23.9. The van der Waals surface area contributed by atoms with E-state index in [4.69, 9.17) is 0 Å². The summed E-state index contributed by atoms with van der Waals surface area (Å²) in [5.74, 6) is 0.911. The number of fused-ring (bicyclic) bond motifs is 1. The van der Waals surface area contributed by atoms with Crippen molar-refractivity contribution in [1.82, 2.24) is 19.4 Å². The SMILES string of the molecule is C=CC(=O)Nc1cc(Nc2ncc3cc(C(/C=C\C)=NC)c(=O)n(C)c3n2)c(C)cc1N(C)CCN(C)C.CC.CCC(C)C.CCCC. The maximum absolute atomic E-state index is 13.1. The Morgan fingerprint density at radius 1 is 1.06 bits per heavy atom. The van der Waals surface area contributed by atoms with Gasteiger partial charge in [-0.2, -0.15) is 4.98 Å². The number of benzene rings is 1. The third-order valence-electron chi connectivity index (χ3n) is 7.43. The number of unbranched alkanes of at least 4 members (excludes halogenated alkanes) is 1. The van der Waals surface area contributed by atoms with Crippen LogP contribution in [0.4, 0.5) is 23.0 Å². The van der Waals surface area contributed by atoms with Crippen LogP contribution in [0.5, 0.6) is 0 Å². The van der Waals surface area contributed by atoms with Gasteiger partial charge in [0.05, 0.1) is 22.6 Å². The molecule has 272 valence electrons. The number of carbonyl (C=O) groups excluding carboxylic acids is 1. The highest BCUT2D eigenvalue weighted by atomic mass is 16.1. The van der Waals surface area contributed by atoms with Crippen LogP contribution in [0.2, 0.25) is 0 Å². The molecule has 2 heterocycles. The van der Waals surface area contributed by atoms with Crippen LogP contribution in [0.15, 0.2) is 59.0 Å². The Balaban J connectivity index is 0.00000183. The predicted molar refractivity (Wildman–Crippen MR) is 214 cm³/mol. The summed E-state index contributed by atoms with van der Waals surface area (Å²) >= 11 is 0. The van der Waals surface area contributed by atoms with Crippen LogP contribution >= 0.6 is 0 Å². The van der Waals surface area contributed by atoms with Gasteiger partial charge in [0.2, 0.25) is 11.9 Å². The summed E-state index contributed by atoms with van der Waals surface area (Å²) in [6, 6.07) is 5.62. The lowest BCUT2D eigenvalue weighted by molar-refractivity contribution is -0.111. The maximum atomic E-state index is 13.1. The fourth-order valence-electron chi connectivity index (χ4n) is 3.95. The van der Waals surface area contributed by atoms with E-state index in [2.05, 4.69) is 76.6 Å². The zero-order chi connectivity index (χ0) is 37.7. The monoisotopic (exact) mass is 677 g/mol. The number of hydrogen-bond donors (Lipinski definition) is 2. The van der Waals surface area contributed by atoms with Crippen LogP contribution in [0.25, 0.3) is 11.0 Å². The zero-order valence-corrected chi connectivity index (χ0v) is 32.9. The van der Waals surface area contributed by atoms with E-state index >= 15 is 0 Å². The molecule has 0 unspecified atom stereocenters. The van der Waals surface area contributed by atoms with Crippen molar-refractivity contribution in [2.24, 2.45) is 18.0 Å². The van der Waals surface area contributed by atoms with Crippen LogP contribution < -0.4 is 21.1 Å². The highest BCUT2D eigenvalue weighted by molar-refractivity contribution is 6.09. The highest BCUT2D eigenvalue weighted by Gasteiger charge is 2.16. The van der Waals surface area contributed by atoms with Gasteiger partial charge in [0.1, 0.15) is 5.65 Å². The first-order valence-corrected chi connectivity index (χ1v) is 17.5. The van der Waals surface area contributed by atoms with Gasteiger partial charge in [-0.1, -0.05) is 80.4 Å². The van der Waals surface area contributed by atoms with E-state index in [0.29, 0.717) is 33.9 Å². The molecule has 1 amide bonds. The lowest BCUT2D eigenvalue weighted by atomic mass is 10.1. The molecule has 0 aliphatic carbocycles. The summed E-state index contributed by atoms with van der Waals surface area (Å²) in [7, 11) is 9.36. The minimum Gasteiger partial charge on any atom is -0.372 e. The van der Waals surface area contributed by atoms with Crippen LogP contribution in [-0.2, 0) is 11.8 Å². The molecule has 0 saturated carbocycles. The number of amides is 1. The third-order valence-corrected chi connectivity index (χ3v) is 7.43. The fourth-order valence-corrected chi connectivity index (χ4v) is 3.95. The summed E-state index contributed by atoms with van der Waals surface area (Å²) < 4.78 is 1.50. The average molecular weight is 677 g/mol. The molecule has 2 aromatic heterocycles. The van der Waals surface area contributed by atoms with Crippen molar-refractivity contribution in [3.63, 3.8) is 0 Å². The van der Waals surface area contributed by atoms with Gasteiger partial charge in [0.15, 0.2) is 0 Å². The Bertz CT molecular complexity index is 1570. The molecule has 0 bridgehead atoms. The van der Waals surface area contributed by atoms with Crippen molar-refractivity contribution in [1.29, 1.82) is 0 Å². The second-order valence-corrected chi connectivity index (χ2v) is 12.0. The summed E-state index contributed by atoms with van der Waals surface area (Å²) in [5.41, 5.74) is 4.56. The first kappa shape index (κ1) is 44.7. The number of carbonyl (C=O) groups is 1. The van der Waals surface area contributed by atoms with E-state index in [9.17, 15) is 9.59 Å². The normalized spacial score (nSPS) is 10.9. The number of nitrogens with one attached hydrogen (secondary N) is 2. The maximum Gasteiger partial charge on any atom is 0.261 e. The van der Waals surface area contributed by atoms with Gasteiger partial charge < -0.3 is 20.4 Å². The smallest absolute Gasteiger partial charge is 0.261 e. The molecule has 2 N–H and O–H groups in total. The number of likely N-dealkylation sites (N-methyl/N-ethyl adjacent to an activating group) is 2. The molecule has 0 atom stereocenters. The predicted octanol–water partition coefficient (Wildman–Crippen LogP) is 8.38. The molecule has 0 saturated heterocycles. The lowest BCUT2D eigenvalue weighted by Gasteiger charge is -2.25. The Morgan fingerprint density at radius 3 is 2.16 bits per heavy atom. The van der Waals surface area contributed by atoms with E-state index < -0.39 is 0 Å². The molecule has 3 aromatic rings. The van der Waals surface area contributed by atoms with Crippen molar-refractivity contribution >= 4 is 45.7 Å². The Kier molecular flexibility index (Phi) is 21.8. The number of pyridine rings is 1. The fraction of sp³-hybridized carbons (Fsp3) is 0.513. The van der Waals surface area contributed by atoms with E-state index in [1.54, 1.807) is 32.4 Å². The van der Waals surface area contributed by atoms with Crippen LogP contribution in [-0.4, -0.2) is 72.3 Å². The van der Waals surface area contributed by atoms with E-state index in [-0.39, 0.29) is 11.5 Å². The Hall–Kier alpha value is -4.31. The summed E-state index contributed by atoms with van der Waals surface area (Å²) in [6.07, 6.45) is 10.5. The topological polar surface area (TPSA) is 108 Å². The highest BCUT2D eigenvalue weighted by Crippen LogP contribution is 2.33. The minimum absolute atomic E-state index is 0.198. The molecule has 0 aliphatic heterocycles. The average Bonchev–Trinajstić information content (AvgIpc) is 3.10. The van der Waals surface area contributed by atoms with Crippen molar-refractivity contribution in [3.8, 4) is 0 Å². The van der Waals surface area contributed by atoms with Crippen molar-refractivity contribution < 1.29 is 4.79 Å². The van der Waals surface area contributed by atoms with Gasteiger partial charge >= 0.3 is 0 Å². The van der Waals surface area contributed by atoms with Crippen LogP contribution in [0.1, 0.15) is 85.8 Å². The van der Waals surface area contributed by atoms with Gasteiger partial charge in [0, 0.05) is 51.5 Å². The number of aromatic nitrogens is 3. The van der Waals surface area contributed by atoms with Crippen molar-refractivity contribution in [3.05, 3.63) is 70.7 Å². The van der Waals surface area contributed by atoms with E-state index in [1.165, 1.54) is 29.9 Å². The number of aryl methyl sites for hydroxylation is 2. The number of nitrogens with zero attached hydrogens (tertiary/aromatic N) is 6. The summed E-state index contributed by atoms with van der Waals surface area (Å²) in [6.45, 7) is 24.1. The molecular formula is C39H64N8O2. The molecule has 0 aliphatic rings. The summed E-state index contributed by atoms with van der Waals surface area (Å²) in [5, 5.41) is 6.87. The molecule has 3 rings (SSSR count). The van der Waals surface area contributed by atoms with E-state index in [1.807, 2.05) is 67.0 Å². The number of aliphatic imine (C=N–C) groups is 1. The van der Waals surface area contributed by atoms with Crippen LogP contribution in [0, 0.1) is 12.8 Å². The van der Waals surface area contributed by atoms with Gasteiger partial charge in [-0.3, -0.25) is 19.1 Å². The minimum atomic E-state index is -0.303. The van der Waals surface area contributed by atoms with Crippen molar-refractivity contribution in [2.75, 3.05) is 56.8 Å². The number of allylic oxidation sites excluding steroid dienone is 2. The van der Waals surface area contributed by atoms with Gasteiger partial charge in [-0.05, 0) is 69.8 Å². The van der Waals surface area contributed by atoms with Gasteiger partial charge in [0.25, 0.3) is 5.56 Å². The molecule has 1 aromatic carbocycles. The molecule has 0 fully saturated rings. The van der Waals surface area contributed by atoms with E-state index in [0.717, 1.165) is 35.9 Å². The summed E-state index contributed by atoms with van der Waals surface area (Å²) in [4.78, 5) is 42.8. The molecule has 49 heavy (non-hydrogen) atoms. The Labute approximate surface area is 296 Å². The quantitative estimate of drug-likeness (QED) is 0.147. The zero-order valence-electron chi connectivity index (χ0n) is 32.9. The van der Waals surface area contributed by atoms with Crippen LogP contribution in [0.3, 0.4) is 0 Å². The molecule has 0 spiro atoms. The first-order valence-electron chi connectivity index (χ1n) is 17.5. The van der Waals surface area contributed by atoms with Gasteiger partial charge in [-0.25, -0.2) is 4.98 Å². The second-order valence-electron chi connectivity index (χ2n) is 12.0. The standard InChI is InChI=1S/C28H36N8O2.C5H12.C4H10.C2H6/c1-9-11-21(29-4)20-15-19-17-30-28(33-26(19)36(8)27(20)38)32-22-16-23(31-25(37)10-2)24(14-18(22)3)35(7)13-12-34(5)6;1-4-5(2)3;1-3-4-2;1-2/h9-11,14-17H,2,12-13H2,1,3-8H3,(H,31,37)(H,30,32,33);5H,4H2,1-3H3;3-4H2,1-2H3;1-2H3/b11-9-,29-21?;;;. The lowest BCUT2D eigenvalue weighted by Crippen LogP contribution is -2.29. The largest absolute Gasteiger partial charge is 0.372 e. The molecule has 0 radical (unpaired) electrons. The first-order chi connectivity index (χ1) is 23.3. The number of hydrogen-bond acceptors (Lipinski definition) is 8. The molecular weight excluding hydrogens is 612 g/mol. The van der Waals surface area contributed by atoms with Crippen molar-refractivity contribution in [2.45, 2.75) is 81.6 Å². The third kappa shape index (κ3) is 14.8. The molecule has 10 heteroatoms. The van der Waals surface area contributed by atoms with Gasteiger partial charge in [-0.15, -0.1) is 0 Å².